The van der Waals surface area contributed by atoms with Gasteiger partial charge in [0.2, 0.25) is 17.7 Å². The first-order chi connectivity index (χ1) is 16.2. The van der Waals surface area contributed by atoms with Crippen LogP contribution in [0.4, 0.5) is 4.39 Å². The predicted molar refractivity (Wildman–Crippen MR) is 128 cm³/mol. The van der Waals surface area contributed by atoms with Gasteiger partial charge >= 0.3 is 0 Å². The molecule has 3 amide bonds. The lowest BCUT2D eigenvalue weighted by Crippen LogP contribution is -2.44. The van der Waals surface area contributed by atoms with Gasteiger partial charge in [-0.25, -0.2) is 4.39 Å². The molecule has 2 aliphatic heterocycles. The maximum Gasteiger partial charge on any atom is 0.240 e. The largest absolute Gasteiger partial charge is 0.342 e. The molecule has 6 nitrogen and oxygen atoms in total. The van der Waals surface area contributed by atoms with Crippen LogP contribution in [0.25, 0.3) is 0 Å². The third-order valence-corrected chi connectivity index (χ3v) is 7.18. The van der Waals surface area contributed by atoms with Crippen molar-refractivity contribution in [2.45, 2.75) is 37.5 Å². The summed E-state index contributed by atoms with van der Waals surface area (Å²) in [5.74, 6) is -0.775. The molecule has 34 heavy (non-hydrogen) atoms. The number of hydrogen-bond acceptors (Lipinski definition) is 4. The Labute approximate surface area is 200 Å². The maximum atomic E-state index is 13.8. The highest BCUT2D eigenvalue weighted by molar-refractivity contribution is 6.11. The summed E-state index contributed by atoms with van der Waals surface area (Å²) in [6.07, 6.45) is 0.763. The molecule has 0 N–H and O–H groups in total. The van der Waals surface area contributed by atoms with Gasteiger partial charge in [0.05, 0.1) is 5.41 Å². The molecule has 2 atom stereocenters. The number of benzene rings is 2. The first kappa shape index (κ1) is 24.1. The van der Waals surface area contributed by atoms with E-state index in [9.17, 15) is 18.8 Å². The second-order valence-electron chi connectivity index (χ2n) is 9.78. The van der Waals surface area contributed by atoms with E-state index in [-0.39, 0.29) is 42.3 Å². The number of hydrogen-bond donors (Lipinski definition) is 0. The summed E-state index contributed by atoms with van der Waals surface area (Å²) in [7, 11) is 3.79. The molecule has 2 fully saturated rings. The fourth-order valence-electron chi connectivity index (χ4n) is 5.24. The highest BCUT2D eigenvalue weighted by Crippen LogP contribution is 2.42. The Hall–Kier alpha value is -3.06. The Kier molecular flexibility index (Phi) is 6.84. The van der Waals surface area contributed by atoms with Gasteiger partial charge in [-0.3, -0.25) is 19.3 Å². The van der Waals surface area contributed by atoms with Gasteiger partial charge in [-0.15, -0.1) is 0 Å². The number of imide groups is 1. The lowest BCUT2D eigenvalue weighted by atomic mass is 9.74. The van der Waals surface area contributed by atoms with Gasteiger partial charge in [0, 0.05) is 44.9 Å². The van der Waals surface area contributed by atoms with Crippen molar-refractivity contribution >= 4 is 17.7 Å². The van der Waals surface area contributed by atoms with Crippen molar-refractivity contribution in [1.29, 1.82) is 0 Å². The molecule has 2 aliphatic rings. The average Bonchev–Trinajstić information content (AvgIpc) is 3.37. The van der Waals surface area contributed by atoms with Crippen LogP contribution < -0.4 is 0 Å². The van der Waals surface area contributed by atoms with Crippen LogP contribution in [0.3, 0.4) is 0 Å². The van der Waals surface area contributed by atoms with E-state index >= 15 is 0 Å². The van der Waals surface area contributed by atoms with Gasteiger partial charge < -0.3 is 9.80 Å². The van der Waals surface area contributed by atoms with Crippen LogP contribution in [-0.2, 0) is 19.8 Å². The molecule has 0 radical (unpaired) electrons. The van der Waals surface area contributed by atoms with Gasteiger partial charge in [-0.05, 0) is 56.3 Å². The minimum absolute atomic E-state index is 0.00505. The summed E-state index contributed by atoms with van der Waals surface area (Å²) in [4.78, 5) is 45.3. The minimum Gasteiger partial charge on any atom is -0.342 e. The molecule has 2 aromatic rings. The number of amides is 3. The monoisotopic (exact) mass is 465 g/mol. The van der Waals surface area contributed by atoms with Gasteiger partial charge in [-0.1, -0.05) is 36.4 Å². The highest BCUT2D eigenvalue weighted by Gasteiger charge is 2.54. The first-order valence-corrected chi connectivity index (χ1v) is 11.8. The predicted octanol–water partition coefficient (Wildman–Crippen LogP) is 3.10. The molecule has 180 valence electrons. The number of carbonyl (C=O) groups excluding carboxylic acids is 3. The van der Waals surface area contributed by atoms with E-state index < -0.39 is 5.41 Å². The van der Waals surface area contributed by atoms with Crippen molar-refractivity contribution in [3.05, 3.63) is 71.0 Å². The standard InChI is InChI=1S/C27H32FN3O3/c1-19-6-4-5-7-23(19)27(17-25(33)31(26(27)34)15-14-29(2)3)16-24(32)30-13-12-21(18-30)20-8-10-22(28)11-9-20/h4-11,21H,12-18H2,1-3H3/t21-,27-/m0/s1. The molecular formula is C27H32FN3O3. The van der Waals surface area contributed by atoms with Crippen LogP contribution in [0.1, 0.15) is 41.9 Å². The molecule has 0 aliphatic carbocycles. The van der Waals surface area contributed by atoms with Crippen LogP contribution in [0, 0.1) is 12.7 Å². The maximum absolute atomic E-state index is 13.8. The quantitative estimate of drug-likeness (QED) is 0.590. The number of rotatable bonds is 7. The van der Waals surface area contributed by atoms with Gasteiger partial charge in [0.25, 0.3) is 0 Å². The molecule has 2 aromatic carbocycles. The summed E-state index contributed by atoms with van der Waals surface area (Å²) in [5.41, 5.74) is 1.48. The summed E-state index contributed by atoms with van der Waals surface area (Å²) in [5, 5.41) is 0. The lowest BCUT2D eigenvalue weighted by molar-refractivity contribution is -0.142. The summed E-state index contributed by atoms with van der Waals surface area (Å²) < 4.78 is 13.3. The van der Waals surface area contributed by atoms with E-state index in [4.69, 9.17) is 0 Å². The molecule has 2 heterocycles. The van der Waals surface area contributed by atoms with Crippen molar-refractivity contribution in [3.63, 3.8) is 0 Å². The zero-order valence-electron chi connectivity index (χ0n) is 20.1. The molecular weight excluding hydrogens is 433 g/mol. The fourth-order valence-corrected chi connectivity index (χ4v) is 5.24. The van der Waals surface area contributed by atoms with Crippen LogP contribution in [0.15, 0.2) is 48.5 Å². The molecule has 0 unspecified atom stereocenters. The van der Waals surface area contributed by atoms with Gasteiger partial charge in [-0.2, -0.15) is 0 Å². The van der Waals surface area contributed by atoms with Crippen molar-refractivity contribution in [2.75, 3.05) is 40.3 Å². The van der Waals surface area contributed by atoms with E-state index in [1.165, 1.54) is 17.0 Å². The number of likely N-dealkylation sites (tertiary alicyclic amines) is 2. The van der Waals surface area contributed by atoms with E-state index in [1.54, 1.807) is 17.0 Å². The van der Waals surface area contributed by atoms with Crippen molar-refractivity contribution in [1.82, 2.24) is 14.7 Å². The van der Waals surface area contributed by atoms with Crippen molar-refractivity contribution in [3.8, 4) is 0 Å². The van der Waals surface area contributed by atoms with Crippen molar-refractivity contribution in [2.24, 2.45) is 0 Å². The third-order valence-electron chi connectivity index (χ3n) is 7.18. The molecule has 4 rings (SSSR count). The van der Waals surface area contributed by atoms with Crippen LogP contribution in [0.5, 0.6) is 0 Å². The zero-order valence-corrected chi connectivity index (χ0v) is 20.1. The zero-order chi connectivity index (χ0) is 24.5. The van der Waals surface area contributed by atoms with Crippen LogP contribution in [0.2, 0.25) is 0 Å². The van der Waals surface area contributed by atoms with Gasteiger partial charge in [0.1, 0.15) is 5.82 Å². The van der Waals surface area contributed by atoms with E-state index in [0.29, 0.717) is 26.2 Å². The summed E-state index contributed by atoms with van der Waals surface area (Å²) in [6, 6.07) is 14.0. The fraction of sp³-hybridized carbons (Fsp3) is 0.444. The van der Waals surface area contributed by atoms with Crippen LogP contribution >= 0.6 is 0 Å². The molecule has 2 saturated heterocycles. The minimum atomic E-state index is -1.18. The topological polar surface area (TPSA) is 60.9 Å². The molecule has 0 aromatic heterocycles. The number of aryl methyl sites for hydroxylation is 1. The Morgan fingerprint density at radius 2 is 1.82 bits per heavy atom. The smallest absolute Gasteiger partial charge is 0.240 e. The second-order valence-corrected chi connectivity index (χ2v) is 9.78. The first-order valence-electron chi connectivity index (χ1n) is 11.8. The van der Waals surface area contributed by atoms with Crippen molar-refractivity contribution < 1.29 is 18.8 Å². The lowest BCUT2D eigenvalue weighted by Gasteiger charge is -2.30. The second kappa shape index (κ2) is 9.66. The summed E-state index contributed by atoms with van der Waals surface area (Å²) >= 11 is 0. The normalized spacial score (nSPS) is 22.8. The average molecular weight is 466 g/mol. The summed E-state index contributed by atoms with van der Waals surface area (Å²) in [6.45, 7) is 3.91. The molecule has 7 heteroatoms. The number of likely N-dealkylation sites (N-methyl/N-ethyl adjacent to an activating group) is 1. The van der Waals surface area contributed by atoms with E-state index in [2.05, 4.69) is 0 Å². The molecule has 0 saturated carbocycles. The Balaban J connectivity index is 1.58. The van der Waals surface area contributed by atoms with Crippen LogP contribution in [-0.4, -0.2) is 72.7 Å². The number of carbonyl (C=O) groups is 3. The highest BCUT2D eigenvalue weighted by atomic mass is 19.1. The van der Waals surface area contributed by atoms with E-state index in [0.717, 1.165) is 23.1 Å². The Morgan fingerprint density at radius 3 is 2.50 bits per heavy atom. The number of halogens is 1. The molecule has 0 bridgehead atoms. The van der Waals surface area contributed by atoms with Gasteiger partial charge in [0.15, 0.2) is 0 Å². The van der Waals surface area contributed by atoms with E-state index in [1.807, 2.05) is 50.2 Å². The third kappa shape index (κ3) is 4.62. The SMILES string of the molecule is Cc1ccccc1[C@]1(CC(=O)N2CC[C@H](c3ccc(F)cc3)C2)CC(=O)N(CCN(C)C)C1=O. The Morgan fingerprint density at radius 1 is 1.12 bits per heavy atom. The molecule has 0 spiro atoms. The Bertz CT molecular complexity index is 1080. The number of nitrogens with zero attached hydrogens (tertiary/aromatic N) is 3.